The Bertz CT molecular complexity index is 709. The van der Waals surface area contributed by atoms with E-state index in [2.05, 4.69) is 20.8 Å². The first-order valence-electron chi connectivity index (χ1n) is 8.19. The SMILES string of the molecule is Cc1ccc(NC(=O)c2ccc(NCC3CCCO3)nn2)cc1C. The highest BCUT2D eigenvalue weighted by molar-refractivity contribution is 6.02. The Balaban J connectivity index is 1.57. The second kappa shape index (κ2) is 7.40. The van der Waals surface area contributed by atoms with Gasteiger partial charge in [0.2, 0.25) is 0 Å². The fraction of sp³-hybridized carbons (Fsp3) is 0.389. The molecule has 1 aliphatic rings. The molecule has 0 saturated carbocycles. The summed E-state index contributed by atoms with van der Waals surface area (Å²) in [5.74, 6) is 0.379. The van der Waals surface area contributed by atoms with Crippen LogP contribution < -0.4 is 10.6 Å². The number of aromatic nitrogens is 2. The molecular formula is C18H22N4O2. The molecule has 1 fully saturated rings. The topological polar surface area (TPSA) is 76.1 Å². The highest BCUT2D eigenvalue weighted by Gasteiger charge is 2.15. The number of amides is 1. The van der Waals surface area contributed by atoms with Crippen LogP contribution in [-0.2, 0) is 4.74 Å². The Hall–Kier alpha value is -2.47. The van der Waals surface area contributed by atoms with E-state index in [-0.39, 0.29) is 17.7 Å². The minimum atomic E-state index is -0.267. The number of nitrogens with zero attached hydrogens (tertiary/aromatic N) is 2. The van der Waals surface area contributed by atoms with Gasteiger partial charge in [0, 0.05) is 18.8 Å². The van der Waals surface area contributed by atoms with Gasteiger partial charge in [-0.05, 0) is 62.1 Å². The smallest absolute Gasteiger partial charge is 0.276 e. The molecule has 0 radical (unpaired) electrons. The highest BCUT2D eigenvalue weighted by Crippen LogP contribution is 2.15. The Morgan fingerprint density at radius 3 is 2.75 bits per heavy atom. The number of carbonyl (C=O) groups is 1. The van der Waals surface area contributed by atoms with Crippen molar-refractivity contribution in [3.63, 3.8) is 0 Å². The molecule has 0 spiro atoms. The molecule has 6 nitrogen and oxygen atoms in total. The predicted octanol–water partition coefficient (Wildman–Crippen LogP) is 2.94. The van der Waals surface area contributed by atoms with E-state index in [4.69, 9.17) is 4.74 Å². The van der Waals surface area contributed by atoms with Gasteiger partial charge in [-0.3, -0.25) is 4.79 Å². The van der Waals surface area contributed by atoms with E-state index in [1.54, 1.807) is 12.1 Å². The maximum atomic E-state index is 12.2. The number of hydrogen-bond acceptors (Lipinski definition) is 5. The number of ether oxygens (including phenoxy) is 1. The van der Waals surface area contributed by atoms with Gasteiger partial charge < -0.3 is 15.4 Å². The number of hydrogen-bond donors (Lipinski definition) is 2. The van der Waals surface area contributed by atoms with Crippen LogP contribution in [0.5, 0.6) is 0 Å². The van der Waals surface area contributed by atoms with E-state index >= 15 is 0 Å². The molecule has 0 aliphatic carbocycles. The minimum Gasteiger partial charge on any atom is -0.376 e. The molecule has 6 heteroatoms. The molecule has 2 N–H and O–H groups in total. The highest BCUT2D eigenvalue weighted by atomic mass is 16.5. The van der Waals surface area contributed by atoms with Gasteiger partial charge in [0.1, 0.15) is 5.82 Å². The van der Waals surface area contributed by atoms with Crippen molar-refractivity contribution in [3.8, 4) is 0 Å². The van der Waals surface area contributed by atoms with E-state index in [0.717, 1.165) is 30.7 Å². The van der Waals surface area contributed by atoms with Gasteiger partial charge in [-0.1, -0.05) is 6.07 Å². The summed E-state index contributed by atoms with van der Waals surface area (Å²) >= 11 is 0. The van der Waals surface area contributed by atoms with E-state index in [9.17, 15) is 4.79 Å². The third-order valence-electron chi connectivity index (χ3n) is 4.20. The summed E-state index contributed by atoms with van der Waals surface area (Å²) in [6.45, 7) is 5.59. The largest absolute Gasteiger partial charge is 0.376 e. The van der Waals surface area contributed by atoms with Crippen LogP contribution >= 0.6 is 0 Å². The number of nitrogens with one attached hydrogen (secondary N) is 2. The Morgan fingerprint density at radius 1 is 1.21 bits per heavy atom. The quantitative estimate of drug-likeness (QED) is 0.883. The fourth-order valence-corrected chi connectivity index (χ4v) is 2.59. The van der Waals surface area contributed by atoms with Gasteiger partial charge in [0.25, 0.3) is 5.91 Å². The number of rotatable bonds is 5. The average molecular weight is 326 g/mol. The third-order valence-corrected chi connectivity index (χ3v) is 4.20. The second-order valence-electron chi connectivity index (χ2n) is 6.07. The molecule has 1 unspecified atom stereocenters. The summed E-state index contributed by atoms with van der Waals surface area (Å²) in [6.07, 6.45) is 2.41. The van der Waals surface area contributed by atoms with Gasteiger partial charge in [0.15, 0.2) is 5.69 Å². The van der Waals surface area contributed by atoms with Gasteiger partial charge in [-0.15, -0.1) is 10.2 Å². The second-order valence-corrected chi connectivity index (χ2v) is 6.07. The zero-order valence-corrected chi connectivity index (χ0v) is 14.0. The van der Waals surface area contributed by atoms with Gasteiger partial charge >= 0.3 is 0 Å². The lowest BCUT2D eigenvalue weighted by atomic mass is 10.1. The third kappa shape index (κ3) is 4.08. The summed E-state index contributed by atoms with van der Waals surface area (Å²) in [7, 11) is 0. The average Bonchev–Trinajstić information content (AvgIpc) is 3.10. The van der Waals surface area contributed by atoms with Crippen molar-refractivity contribution in [2.45, 2.75) is 32.8 Å². The van der Waals surface area contributed by atoms with Crippen molar-refractivity contribution in [1.82, 2.24) is 10.2 Å². The first-order chi connectivity index (χ1) is 11.6. The molecular weight excluding hydrogens is 304 g/mol. The lowest BCUT2D eigenvalue weighted by molar-refractivity contribution is 0.102. The molecule has 1 atom stereocenters. The van der Waals surface area contributed by atoms with Crippen molar-refractivity contribution in [1.29, 1.82) is 0 Å². The lowest BCUT2D eigenvalue weighted by Gasteiger charge is -2.11. The van der Waals surface area contributed by atoms with E-state index in [0.29, 0.717) is 12.4 Å². The molecule has 1 aliphatic heterocycles. The minimum absolute atomic E-state index is 0.236. The van der Waals surface area contributed by atoms with Gasteiger partial charge in [0.05, 0.1) is 6.10 Å². The molecule has 1 amide bonds. The molecule has 2 heterocycles. The fourth-order valence-electron chi connectivity index (χ4n) is 2.59. The van der Waals surface area contributed by atoms with Crippen molar-refractivity contribution in [2.24, 2.45) is 0 Å². The van der Waals surface area contributed by atoms with Crippen LogP contribution in [0.4, 0.5) is 11.5 Å². The van der Waals surface area contributed by atoms with E-state index < -0.39 is 0 Å². The van der Waals surface area contributed by atoms with Crippen LogP contribution in [0.1, 0.15) is 34.5 Å². The van der Waals surface area contributed by atoms with Crippen LogP contribution in [0.3, 0.4) is 0 Å². The maximum absolute atomic E-state index is 12.2. The van der Waals surface area contributed by atoms with Gasteiger partial charge in [-0.2, -0.15) is 0 Å². The Labute approximate surface area is 141 Å². The number of benzene rings is 1. The van der Waals surface area contributed by atoms with Crippen LogP contribution in [0.15, 0.2) is 30.3 Å². The monoisotopic (exact) mass is 326 g/mol. The zero-order valence-electron chi connectivity index (χ0n) is 14.0. The molecule has 126 valence electrons. The standard InChI is InChI=1S/C18H22N4O2/c1-12-5-6-14(10-13(12)2)20-18(23)16-7-8-17(22-21-16)19-11-15-4-3-9-24-15/h5-8,10,15H,3-4,9,11H2,1-2H3,(H,19,22)(H,20,23). The van der Waals surface area contributed by atoms with Crippen molar-refractivity contribution in [2.75, 3.05) is 23.8 Å². The van der Waals surface area contributed by atoms with Crippen LogP contribution in [0, 0.1) is 13.8 Å². The number of carbonyl (C=O) groups excluding carboxylic acids is 1. The predicted molar refractivity (Wildman–Crippen MR) is 93.4 cm³/mol. The van der Waals surface area contributed by atoms with Gasteiger partial charge in [-0.25, -0.2) is 0 Å². The molecule has 1 aromatic heterocycles. The first-order valence-corrected chi connectivity index (χ1v) is 8.19. The molecule has 24 heavy (non-hydrogen) atoms. The molecule has 1 saturated heterocycles. The van der Waals surface area contributed by atoms with Crippen molar-refractivity contribution in [3.05, 3.63) is 47.2 Å². The number of anilines is 2. The van der Waals surface area contributed by atoms with E-state index in [1.807, 2.05) is 32.0 Å². The van der Waals surface area contributed by atoms with Crippen LogP contribution in [0.2, 0.25) is 0 Å². The molecule has 1 aromatic carbocycles. The summed E-state index contributed by atoms with van der Waals surface area (Å²) in [5, 5.41) is 14.1. The first kappa shape index (κ1) is 16.4. The summed E-state index contributed by atoms with van der Waals surface area (Å²) in [4.78, 5) is 12.2. The summed E-state index contributed by atoms with van der Waals surface area (Å²) in [6, 6.07) is 9.23. The van der Waals surface area contributed by atoms with Crippen LogP contribution in [0.25, 0.3) is 0 Å². The molecule has 3 rings (SSSR count). The normalized spacial score (nSPS) is 16.8. The Kier molecular flexibility index (Phi) is 5.05. The van der Waals surface area contributed by atoms with Crippen molar-refractivity contribution < 1.29 is 9.53 Å². The lowest BCUT2D eigenvalue weighted by Crippen LogP contribution is -2.20. The summed E-state index contributed by atoms with van der Waals surface area (Å²) < 4.78 is 5.55. The van der Waals surface area contributed by atoms with Crippen molar-refractivity contribution >= 4 is 17.4 Å². The van der Waals surface area contributed by atoms with Crippen LogP contribution in [-0.4, -0.2) is 35.4 Å². The zero-order chi connectivity index (χ0) is 16.9. The summed E-state index contributed by atoms with van der Waals surface area (Å²) in [5.41, 5.74) is 3.36. The molecule has 2 aromatic rings. The number of aryl methyl sites for hydroxylation is 2. The Morgan fingerprint density at radius 2 is 2.08 bits per heavy atom. The van der Waals surface area contributed by atoms with E-state index in [1.165, 1.54) is 5.56 Å². The molecule has 0 bridgehead atoms. The maximum Gasteiger partial charge on any atom is 0.276 e.